The highest BCUT2D eigenvalue weighted by Crippen LogP contribution is 2.26. The fourth-order valence-corrected chi connectivity index (χ4v) is 4.44. The lowest BCUT2D eigenvalue weighted by molar-refractivity contribution is 0.1000. The second-order valence-electron chi connectivity index (χ2n) is 7.53. The molecule has 1 heterocycles. The number of phenolic OH excluding ortho intramolecular Hbond substituents is 1. The van der Waals surface area contributed by atoms with Crippen LogP contribution in [0.25, 0.3) is 0 Å². The molecular weight excluding hydrogens is 384 g/mol. The topological polar surface area (TPSA) is 70.6 Å². The van der Waals surface area contributed by atoms with Gasteiger partial charge in [0.05, 0.1) is 0 Å². The van der Waals surface area contributed by atoms with E-state index >= 15 is 0 Å². The van der Waals surface area contributed by atoms with Crippen LogP contribution in [0, 0.1) is 0 Å². The Kier molecular flexibility index (Phi) is 8.25. The van der Waals surface area contributed by atoms with E-state index in [1.807, 2.05) is 49.0 Å². The number of hydrogen-bond donors (Lipinski definition) is 3. The first-order valence-corrected chi connectivity index (χ1v) is 11.3. The minimum absolute atomic E-state index is 0.0519. The Hall–Kier alpha value is -2.18. The lowest BCUT2D eigenvalue weighted by Gasteiger charge is -2.21. The van der Waals surface area contributed by atoms with Crippen molar-refractivity contribution in [1.29, 1.82) is 0 Å². The Bertz CT molecular complexity index is 776. The molecule has 0 aliphatic carbocycles. The summed E-state index contributed by atoms with van der Waals surface area (Å²) in [6, 6.07) is 15.1. The van der Waals surface area contributed by atoms with Gasteiger partial charge in [0, 0.05) is 35.9 Å². The molecule has 2 aromatic carbocycles. The van der Waals surface area contributed by atoms with Crippen molar-refractivity contribution in [1.82, 2.24) is 5.32 Å². The van der Waals surface area contributed by atoms with Crippen LogP contribution in [-0.4, -0.2) is 35.6 Å². The largest absolute Gasteiger partial charge is 0.508 e. The highest BCUT2D eigenvalue weighted by atomic mass is 32.2. The minimum Gasteiger partial charge on any atom is -0.508 e. The third kappa shape index (κ3) is 7.63. The van der Waals surface area contributed by atoms with Gasteiger partial charge < -0.3 is 20.5 Å². The number of aryl methyl sites for hydroxylation is 1. The fourth-order valence-electron chi connectivity index (χ4n) is 3.30. The quantitative estimate of drug-likeness (QED) is 0.572. The van der Waals surface area contributed by atoms with Crippen LogP contribution in [0.3, 0.4) is 0 Å². The number of phenols is 1. The zero-order chi connectivity index (χ0) is 20.5. The van der Waals surface area contributed by atoms with Gasteiger partial charge in [-0.1, -0.05) is 24.3 Å². The molecule has 0 radical (unpaired) electrons. The fraction of sp³-hybridized carbons (Fsp3) is 0.435. The lowest BCUT2D eigenvalue weighted by Crippen LogP contribution is -2.36. The predicted molar refractivity (Wildman–Crippen MR) is 120 cm³/mol. The minimum atomic E-state index is -0.183. The Morgan fingerprint density at radius 2 is 1.93 bits per heavy atom. The van der Waals surface area contributed by atoms with Crippen molar-refractivity contribution < 1.29 is 14.6 Å². The molecule has 3 N–H and O–H groups in total. The SMILES string of the molecule is CC(CCc1ccc(O)cc1)NC(=O)Nc1cccc(CSC2CCOCC2)c1. The first-order valence-electron chi connectivity index (χ1n) is 10.2. The van der Waals surface area contributed by atoms with Gasteiger partial charge in [0.25, 0.3) is 0 Å². The molecule has 2 amide bonds. The Labute approximate surface area is 177 Å². The molecule has 1 aliphatic heterocycles. The van der Waals surface area contributed by atoms with Crippen LogP contribution in [0.5, 0.6) is 5.75 Å². The standard InChI is InChI=1S/C23H30N2O3S/c1-17(5-6-18-7-9-21(26)10-8-18)24-23(27)25-20-4-2-3-19(15-20)16-29-22-11-13-28-14-12-22/h2-4,7-10,15,17,22,26H,5-6,11-14,16H2,1H3,(H2,24,25,27). The molecule has 0 aromatic heterocycles. The molecular formula is C23H30N2O3S. The van der Waals surface area contributed by atoms with Gasteiger partial charge in [0.15, 0.2) is 0 Å². The van der Waals surface area contributed by atoms with Crippen molar-refractivity contribution in [3.05, 3.63) is 59.7 Å². The summed E-state index contributed by atoms with van der Waals surface area (Å²) < 4.78 is 5.42. The molecule has 1 fully saturated rings. The number of benzene rings is 2. The molecule has 0 saturated carbocycles. The molecule has 6 heteroatoms. The van der Waals surface area contributed by atoms with Crippen molar-refractivity contribution in [3.63, 3.8) is 0 Å². The van der Waals surface area contributed by atoms with Gasteiger partial charge in [-0.2, -0.15) is 11.8 Å². The molecule has 1 atom stereocenters. The van der Waals surface area contributed by atoms with Crippen molar-refractivity contribution >= 4 is 23.5 Å². The van der Waals surface area contributed by atoms with Crippen LogP contribution < -0.4 is 10.6 Å². The summed E-state index contributed by atoms with van der Waals surface area (Å²) in [5.41, 5.74) is 3.18. The van der Waals surface area contributed by atoms with Crippen molar-refractivity contribution in [2.75, 3.05) is 18.5 Å². The number of urea groups is 1. The molecule has 2 aromatic rings. The van der Waals surface area contributed by atoms with Gasteiger partial charge in [-0.15, -0.1) is 0 Å². The highest BCUT2D eigenvalue weighted by Gasteiger charge is 2.14. The normalized spacial score (nSPS) is 15.6. The number of rotatable bonds is 8. The number of amides is 2. The number of ether oxygens (including phenoxy) is 1. The van der Waals surface area contributed by atoms with Crippen LogP contribution in [0.4, 0.5) is 10.5 Å². The van der Waals surface area contributed by atoms with Crippen LogP contribution >= 0.6 is 11.8 Å². The summed E-state index contributed by atoms with van der Waals surface area (Å²) in [6.07, 6.45) is 3.92. The summed E-state index contributed by atoms with van der Waals surface area (Å²) >= 11 is 1.97. The lowest BCUT2D eigenvalue weighted by atomic mass is 10.1. The van der Waals surface area contributed by atoms with Gasteiger partial charge >= 0.3 is 6.03 Å². The van der Waals surface area contributed by atoms with Gasteiger partial charge in [0.2, 0.25) is 0 Å². The van der Waals surface area contributed by atoms with Crippen LogP contribution in [0.2, 0.25) is 0 Å². The molecule has 0 bridgehead atoms. The van der Waals surface area contributed by atoms with Crippen molar-refractivity contribution in [3.8, 4) is 5.75 Å². The number of thioether (sulfide) groups is 1. The summed E-state index contributed by atoms with van der Waals surface area (Å²) in [6.45, 7) is 3.73. The molecule has 29 heavy (non-hydrogen) atoms. The zero-order valence-electron chi connectivity index (χ0n) is 16.9. The molecule has 0 spiro atoms. The molecule has 1 unspecified atom stereocenters. The Morgan fingerprint density at radius 1 is 1.17 bits per heavy atom. The number of carbonyl (C=O) groups is 1. The third-order valence-corrected chi connectivity index (χ3v) is 6.46. The summed E-state index contributed by atoms with van der Waals surface area (Å²) in [5, 5.41) is 15.9. The van der Waals surface area contributed by atoms with E-state index in [0.29, 0.717) is 5.25 Å². The van der Waals surface area contributed by atoms with E-state index in [1.54, 1.807) is 12.1 Å². The number of carbonyl (C=O) groups excluding carboxylic acids is 1. The van der Waals surface area contributed by atoms with E-state index in [0.717, 1.165) is 55.9 Å². The number of anilines is 1. The maximum atomic E-state index is 12.3. The van der Waals surface area contributed by atoms with E-state index in [9.17, 15) is 9.90 Å². The van der Waals surface area contributed by atoms with Crippen molar-refractivity contribution in [2.45, 2.75) is 49.7 Å². The summed E-state index contributed by atoms with van der Waals surface area (Å²) in [4.78, 5) is 12.3. The molecule has 5 nitrogen and oxygen atoms in total. The number of hydrogen-bond acceptors (Lipinski definition) is 4. The zero-order valence-corrected chi connectivity index (χ0v) is 17.7. The Balaban J connectivity index is 1.41. The van der Waals surface area contributed by atoms with E-state index in [2.05, 4.69) is 16.7 Å². The molecule has 1 aliphatic rings. The number of aromatic hydroxyl groups is 1. The Morgan fingerprint density at radius 3 is 2.69 bits per heavy atom. The van der Waals surface area contributed by atoms with E-state index < -0.39 is 0 Å². The van der Waals surface area contributed by atoms with Crippen LogP contribution in [0.15, 0.2) is 48.5 Å². The monoisotopic (exact) mass is 414 g/mol. The predicted octanol–water partition coefficient (Wildman–Crippen LogP) is 4.95. The number of nitrogens with one attached hydrogen (secondary N) is 2. The van der Waals surface area contributed by atoms with Crippen LogP contribution in [0.1, 0.15) is 37.3 Å². The van der Waals surface area contributed by atoms with Gasteiger partial charge in [-0.3, -0.25) is 0 Å². The second kappa shape index (κ2) is 11.1. The van der Waals surface area contributed by atoms with E-state index in [-0.39, 0.29) is 17.8 Å². The first-order chi connectivity index (χ1) is 14.1. The highest BCUT2D eigenvalue weighted by molar-refractivity contribution is 7.99. The summed E-state index contributed by atoms with van der Waals surface area (Å²) in [7, 11) is 0. The second-order valence-corrected chi connectivity index (χ2v) is 8.82. The van der Waals surface area contributed by atoms with Gasteiger partial charge in [-0.05, 0) is 68.0 Å². The third-order valence-electron chi connectivity index (χ3n) is 5.02. The van der Waals surface area contributed by atoms with Crippen LogP contribution in [-0.2, 0) is 16.9 Å². The van der Waals surface area contributed by atoms with Crippen molar-refractivity contribution in [2.24, 2.45) is 0 Å². The van der Waals surface area contributed by atoms with E-state index in [1.165, 1.54) is 5.56 Å². The first kappa shape index (κ1) is 21.5. The molecule has 3 rings (SSSR count). The molecule has 1 saturated heterocycles. The van der Waals surface area contributed by atoms with Gasteiger partial charge in [0.1, 0.15) is 5.75 Å². The van der Waals surface area contributed by atoms with E-state index in [4.69, 9.17) is 4.74 Å². The smallest absolute Gasteiger partial charge is 0.319 e. The van der Waals surface area contributed by atoms with Gasteiger partial charge in [-0.25, -0.2) is 4.79 Å². The average Bonchev–Trinajstić information content (AvgIpc) is 2.73. The molecule has 156 valence electrons. The average molecular weight is 415 g/mol. The maximum absolute atomic E-state index is 12.3. The maximum Gasteiger partial charge on any atom is 0.319 e. The summed E-state index contributed by atoms with van der Waals surface area (Å²) in [5.74, 6) is 1.22.